The van der Waals surface area contributed by atoms with Gasteiger partial charge in [-0.05, 0) is 25.0 Å². The molecule has 0 aliphatic rings. The summed E-state index contributed by atoms with van der Waals surface area (Å²) in [7, 11) is -4.43. The molecule has 0 spiro atoms. The fraction of sp³-hybridized carbons (Fsp3) is 0.760. The van der Waals surface area contributed by atoms with E-state index in [9.17, 15) is 4.57 Å². The molecule has 2 N–H and O–H groups in total. The molecule has 192 valence electrons. The molecule has 0 aliphatic carbocycles. The van der Waals surface area contributed by atoms with E-state index >= 15 is 0 Å². The highest BCUT2D eigenvalue weighted by molar-refractivity contribution is 7.46. The summed E-state index contributed by atoms with van der Waals surface area (Å²) in [5.74, 6) is 0.847. The maximum absolute atomic E-state index is 10.6. The lowest BCUT2D eigenvalue weighted by molar-refractivity contribution is 0.00222. The molecule has 0 aromatic heterocycles. The van der Waals surface area contributed by atoms with Gasteiger partial charge in [0.25, 0.3) is 0 Å². The summed E-state index contributed by atoms with van der Waals surface area (Å²) in [6, 6.07) is 9.80. The van der Waals surface area contributed by atoms with Crippen molar-refractivity contribution in [3.8, 4) is 5.75 Å². The summed E-state index contributed by atoms with van der Waals surface area (Å²) in [6.07, 6.45) is 15.4. The van der Waals surface area contributed by atoms with Crippen LogP contribution in [0.5, 0.6) is 5.75 Å². The maximum atomic E-state index is 10.6. The number of ether oxygens (including phenoxy) is 3. The molecule has 0 heterocycles. The third-order valence-corrected chi connectivity index (χ3v) is 5.86. The minimum absolute atomic E-state index is 0.0102. The number of benzene rings is 1. The Bertz CT molecular complexity index is 594. The van der Waals surface area contributed by atoms with Crippen molar-refractivity contribution in [3.05, 3.63) is 30.3 Å². The molecule has 7 nitrogen and oxygen atoms in total. The van der Waals surface area contributed by atoms with Crippen molar-refractivity contribution in [1.29, 1.82) is 0 Å². The first-order valence-corrected chi connectivity index (χ1v) is 14.1. The molecule has 1 atom stereocenters. The highest BCUT2D eigenvalue weighted by atomic mass is 31.2. The van der Waals surface area contributed by atoms with Gasteiger partial charge in [0.15, 0.2) is 0 Å². The molecule has 0 fully saturated rings. The first-order chi connectivity index (χ1) is 16.0. The van der Waals surface area contributed by atoms with Crippen LogP contribution in [-0.4, -0.2) is 48.9 Å². The van der Waals surface area contributed by atoms with Gasteiger partial charge in [-0.25, -0.2) is 4.57 Å². The Morgan fingerprint density at radius 3 is 1.91 bits per heavy atom. The minimum atomic E-state index is -4.43. The Morgan fingerprint density at radius 1 is 0.758 bits per heavy atom. The smallest absolute Gasteiger partial charge is 0.469 e. The lowest BCUT2D eigenvalue weighted by Crippen LogP contribution is -2.24. The monoisotopic (exact) mass is 488 g/mol. The Labute approximate surface area is 200 Å². The topological polar surface area (TPSA) is 94.5 Å². The molecule has 1 aromatic carbocycles. The van der Waals surface area contributed by atoms with Gasteiger partial charge in [0.1, 0.15) is 11.9 Å². The number of unbranched alkanes of at least 4 members (excludes halogenated alkanes) is 10. The van der Waals surface area contributed by atoms with Crippen LogP contribution < -0.4 is 4.74 Å². The van der Waals surface area contributed by atoms with E-state index in [0.29, 0.717) is 19.8 Å². The van der Waals surface area contributed by atoms with E-state index in [1.807, 2.05) is 30.3 Å². The van der Waals surface area contributed by atoms with Gasteiger partial charge in [0.05, 0.1) is 33.0 Å². The quantitative estimate of drug-likeness (QED) is 0.138. The largest absolute Gasteiger partial charge is 0.488 e. The molecule has 0 bridgehead atoms. The van der Waals surface area contributed by atoms with Gasteiger partial charge in [0, 0.05) is 0 Å². The summed E-state index contributed by atoms with van der Waals surface area (Å²) < 4.78 is 32.0. The van der Waals surface area contributed by atoms with Crippen LogP contribution >= 0.6 is 7.82 Å². The number of phosphoric ester groups is 1. The predicted molar refractivity (Wildman–Crippen MR) is 132 cm³/mol. The molecule has 1 aromatic rings. The van der Waals surface area contributed by atoms with E-state index in [1.54, 1.807) is 0 Å². The molecular formula is C25H45O7P. The molecule has 0 amide bonds. The molecule has 1 rings (SSSR count). The van der Waals surface area contributed by atoms with Gasteiger partial charge in [0.2, 0.25) is 0 Å². The van der Waals surface area contributed by atoms with E-state index in [1.165, 1.54) is 64.2 Å². The van der Waals surface area contributed by atoms with Crippen LogP contribution in [0.2, 0.25) is 0 Å². The fourth-order valence-corrected chi connectivity index (χ4v) is 3.87. The van der Waals surface area contributed by atoms with Crippen molar-refractivity contribution in [2.75, 3.05) is 33.0 Å². The molecule has 1 unspecified atom stereocenters. The van der Waals surface area contributed by atoms with Gasteiger partial charge >= 0.3 is 7.82 Å². The highest BCUT2D eigenvalue weighted by Crippen LogP contribution is 2.35. The van der Waals surface area contributed by atoms with Crippen molar-refractivity contribution in [3.63, 3.8) is 0 Å². The molecule has 0 saturated heterocycles. The summed E-state index contributed by atoms with van der Waals surface area (Å²) >= 11 is 0. The molecule has 0 radical (unpaired) electrons. The van der Waals surface area contributed by atoms with Crippen LogP contribution in [0.25, 0.3) is 0 Å². The van der Waals surface area contributed by atoms with Crippen molar-refractivity contribution in [2.45, 2.75) is 90.1 Å². The standard InChI is InChI=1S/C25H45O7P/c1-2-3-4-5-6-7-8-9-10-11-13-18-25(32-24-16-14-12-15-17-24)23-30-20-19-29-21-22-31-33(26,27)28/h12,14-17,25H,2-11,13,18-23H2,1H3,(H2,26,27,28). The third kappa shape index (κ3) is 20.2. The van der Waals surface area contributed by atoms with Crippen LogP contribution in [0.1, 0.15) is 84.0 Å². The van der Waals surface area contributed by atoms with Gasteiger partial charge in [-0.1, -0.05) is 89.3 Å². The highest BCUT2D eigenvalue weighted by Gasteiger charge is 2.13. The Kier molecular flexibility index (Phi) is 18.6. The van der Waals surface area contributed by atoms with Gasteiger partial charge < -0.3 is 24.0 Å². The van der Waals surface area contributed by atoms with Crippen molar-refractivity contribution >= 4 is 7.82 Å². The first kappa shape index (κ1) is 30.1. The lowest BCUT2D eigenvalue weighted by atomic mass is 10.0. The van der Waals surface area contributed by atoms with E-state index < -0.39 is 7.82 Å². The van der Waals surface area contributed by atoms with Crippen LogP contribution in [-0.2, 0) is 18.6 Å². The van der Waals surface area contributed by atoms with Gasteiger partial charge in [-0.2, -0.15) is 0 Å². The lowest BCUT2D eigenvalue weighted by Gasteiger charge is -2.19. The molecule has 0 aliphatic heterocycles. The van der Waals surface area contributed by atoms with Crippen molar-refractivity contribution in [1.82, 2.24) is 0 Å². The second kappa shape index (κ2) is 20.4. The number of phosphoric acid groups is 1. The number of rotatable bonds is 23. The van der Waals surface area contributed by atoms with E-state index in [4.69, 9.17) is 24.0 Å². The SMILES string of the molecule is CCCCCCCCCCCCCC(COCCOCCOP(=O)(O)O)Oc1ccccc1. The molecular weight excluding hydrogens is 443 g/mol. The first-order valence-electron chi connectivity index (χ1n) is 12.6. The Hall–Kier alpha value is -0.950. The number of hydrogen-bond acceptors (Lipinski definition) is 5. The molecule has 33 heavy (non-hydrogen) atoms. The van der Waals surface area contributed by atoms with Crippen molar-refractivity contribution < 1.29 is 33.1 Å². The average Bonchev–Trinajstić information content (AvgIpc) is 2.79. The zero-order chi connectivity index (χ0) is 24.0. The fourth-order valence-electron chi connectivity index (χ4n) is 3.55. The predicted octanol–water partition coefficient (Wildman–Crippen LogP) is 6.28. The second-order valence-electron chi connectivity index (χ2n) is 8.39. The summed E-state index contributed by atoms with van der Waals surface area (Å²) in [5.41, 5.74) is 0. The zero-order valence-electron chi connectivity index (χ0n) is 20.4. The van der Waals surface area contributed by atoms with Crippen LogP contribution in [0.4, 0.5) is 0 Å². The third-order valence-electron chi connectivity index (χ3n) is 5.34. The van der Waals surface area contributed by atoms with Crippen LogP contribution in [0, 0.1) is 0 Å². The normalized spacial score (nSPS) is 12.7. The maximum Gasteiger partial charge on any atom is 0.469 e. The summed E-state index contributed by atoms with van der Waals surface area (Å²) in [4.78, 5) is 17.2. The zero-order valence-corrected chi connectivity index (χ0v) is 21.3. The summed E-state index contributed by atoms with van der Waals surface area (Å²) in [6.45, 7) is 3.42. The Morgan fingerprint density at radius 2 is 1.30 bits per heavy atom. The molecule has 8 heteroatoms. The Balaban J connectivity index is 2.14. The van der Waals surface area contributed by atoms with E-state index in [-0.39, 0.29) is 19.3 Å². The van der Waals surface area contributed by atoms with Crippen molar-refractivity contribution in [2.24, 2.45) is 0 Å². The minimum Gasteiger partial charge on any atom is -0.488 e. The average molecular weight is 489 g/mol. The number of para-hydroxylation sites is 1. The van der Waals surface area contributed by atoms with Gasteiger partial charge in [-0.3, -0.25) is 4.52 Å². The second-order valence-corrected chi connectivity index (χ2v) is 9.63. The summed E-state index contributed by atoms with van der Waals surface area (Å²) in [5, 5.41) is 0. The van der Waals surface area contributed by atoms with Crippen LogP contribution in [0.15, 0.2) is 30.3 Å². The van der Waals surface area contributed by atoms with Gasteiger partial charge in [-0.15, -0.1) is 0 Å². The molecule has 0 saturated carbocycles. The van der Waals surface area contributed by atoms with E-state index in [0.717, 1.165) is 18.6 Å². The number of hydrogen-bond donors (Lipinski definition) is 2. The van der Waals surface area contributed by atoms with Crippen LogP contribution in [0.3, 0.4) is 0 Å². The van der Waals surface area contributed by atoms with E-state index in [2.05, 4.69) is 11.4 Å².